The van der Waals surface area contributed by atoms with Crippen molar-refractivity contribution < 1.29 is 9.90 Å². The summed E-state index contributed by atoms with van der Waals surface area (Å²) < 4.78 is -0.577. The minimum Gasteiger partial charge on any atom is -0.395 e. The number of amides is 2. The van der Waals surface area contributed by atoms with Crippen LogP contribution in [0.3, 0.4) is 0 Å². The highest BCUT2D eigenvalue weighted by molar-refractivity contribution is 7.99. The van der Waals surface area contributed by atoms with Gasteiger partial charge in [-0.25, -0.2) is 4.79 Å². The first kappa shape index (κ1) is 16.7. The molecule has 1 saturated carbocycles. The van der Waals surface area contributed by atoms with Crippen molar-refractivity contribution in [1.82, 2.24) is 4.90 Å². The highest BCUT2D eigenvalue weighted by Crippen LogP contribution is 2.55. The number of nitrogens with zero attached hydrogens (tertiary/aromatic N) is 1. The van der Waals surface area contributed by atoms with Gasteiger partial charge in [0.05, 0.1) is 12.3 Å². The summed E-state index contributed by atoms with van der Waals surface area (Å²) in [5.74, 6) is 1.12. The van der Waals surface area contributed by atoms with Crippen LogP contribution >= 0.6 is 35.0 Å². The van der Waals surface area contributed by atoms with E-state index < -0.39 is 4.33 Å². The van der Waals surface area contributed by atoms with Crippen LogP contribution in [0.2, 0.25) is 0 Å². The van der Waals surface area contributed by atoms with Crippen LogP contribution in [0.1, 0.15) is 6.42 Å². The topological polar surface area (TPSA) is 52.6 Å². The Balaban J connectivity index is 1.95. The lowest BCUT2D eigenvalue weighted by Crippen LogP contribution is -2.33. The van der Waals surface area contributed by atoms with E-state index in [1.165, 1.54) is 4.90 Å². The number of carbonyl (C=O) groups excluding carboxylic acids is 1. The quantitative estimate of drug-likeness (QED) is 0.611. The van der Waals surface area contributed by atoms with Crippen LogP contribution in [0, 0.1) is 5.92 Å². The van der Waals surface area contributed by atoms with Gasteiger partial charge < -0.3 is 15.3 Å². The Hall–Kier alpha value is -0.620. The largest absolute Gasteiger partial charge is 0.395 e. The van der Waals surface area contributed by atoms with Crippen molar-refractivity contribution in [2.75, 3.05) is 31.3 Å². The van der Waals surface area contributed by atoms with Crippen LogP contribution in [0.15, 0.2) is 29.2 Å². The van der Waals surface area contributed by atoms with E-state index in [-0.39, 0.29) is 12.6 Å². The molecule has 0 bridgehead atoms. The van der Waals surface area contributed by atoms with Gasteiger partial charge in [-0.3, -0.25) is 0 Å². The van der Waals surface area contributed by atoms with Crippen LogP contribution in [0.5, 0.6) is 0 Å². The van der Waals surface area contributed by atoms with Gasteiger partial charge in [-0.05, 0) is 18.6 Å². The molecule has 1 aromatic rings. The van der Waals surface area contributed by atoms with Gasteiger partial charge in [-0.2, -0.15) is 0 Å². The number of nitrogens with one attached hydrogen (secondary N) is 1. The van der Waals surface area contributed by atoms with Crippen molar-refractivity contribution in [1.29, 1.82) is 0 Å². The number of likely N-dealkylation sites (N-methyl/N-ethyl adjacent to an activating group) is 1. The summed E-state index contributed by atoms with van der Waals surface area (Å²) in [5.41, 5.74) is 0.757. The third kappa shape index (κ3) is 4.68. The number of hydrogen-bond acceptors (Lipinski definition) is 3. The summed E-state index contributed by atoms with van der Waals surface area (Å²) in [5, 5.41) is 11.7. The van der Waals surface area contributed by atoms with Crippen LogP contribution in [-0.2, 0) is 0 Å². The molecule has 0 aliphatic heterocycles. The molecular formula is C14H18Cl2N2O2S. The van der Waals surface area contributed by atoms with Crippen molar-refractivity contribution in [3.63, 3.8) is 0 Å². The summed E-state index contributed by atoms with van der Waals surface area (Å²) >= 11 is 13.7. The van der Waals surface area contributed by atoms with Gasteiger partial charge in [-0.15, -0.1) is 35.0 Å². The number of urea groups is 1. The summed E-state index contributed by atoms with van der Waals surface area (Å²) in [6.45, 7) is 0.236. The number of rotatable bonds is 6. The number of thioether (sulfide) groups is 1. The highest BCUT2D eigenvalue weighted by Gasteiger charge is 2.51. The minimum absolute atomic E-state index is 0.0600. The van der Waals surface area contributed by atoms with Gasteiger partial charge in [0.2, 0.25) is 0 Å². The molecule has 2 N–H and O–H groups in total. The fourth-order valence-electron chi connectivity index (χ4n) is 1.80. The third-order valence-corrected chi connectivity index (χ3v) is 5.47. The molecule has 2 rings (SSSR count). The monoisotopic (exact) mass is 348 g/mol. The van der Waals surface area contributed by atoms with E-state index in [9.17, 15) is 4.79 Å². The third-order valence-electron chi connectivity index (χ3n) is 3.31. The van der Waals surface area contributed by atoms with Gasteiger partial charge in [0.15, 0.2) is 0 Å². The van der Waals surface area contributed by atoms with Gasteiger partial charge in [0, 0.05) is 30.2 Å². The predicted molar refractivity (Wildman–Crippen MR) is 88.4 cm³/mol. The van der Waals surface area contributed by atoms with E-state index >= 15 is 0 Å². The molecule has 1 aromatic carbocycles. The maximum absolute atomic E-state index is 12.0. The number of aliphatic hydroxyl groups is 1. The van der Waals surface area contributed by atoms with E-state index in [2.05, 4.69) is 5.32 Å². The Labute approximate surface area is 138 Å². The predicted octanol–water partition coefficient (Wildman–Crippen LogP) is 3.43. The summed E-state index contributed by atoms with van der Waals surface area (Å²) in [4.78, 5) is 14.4. The zero-order chi connectivity index (χ0) is 15.5. The Morgan fingerprint density at radius 2 is 2.19 bits per heavy atom. The molecule has 2 amide bonds. The SMILES string of the molecule is CN(CCO)C(=O)Nc1ccccc1SCC1CC1(Cl)Cl. The Morgan fingerprint density at radius 1 is 1.52 bits per heavy atom. The first-order chi connectivity index (χ1) is 9.94. The number of alkyl halides is 2. The zero-order valence-corrected chi connectivity index (χ0v) is 14.0. The lowest BCUT2D eigenvalue weighted by Gasteiger charge is -2.18. The molecule has 0 radical (unpaired) electrons. The minimum atomic E-state index is -0.577. The molecular weight excluding hydrogens is 331 g/mol. The molecule has 116 valence electrons. The van der Waals surface area contributed by atoms with Gasteiger partial charge >= 0.3 is 6.03 Å². The molecule has 1 atom stereocenters. The number of benzene rings is 1. The Kier molecular flexibility index (Phi) is 5.66. The molecule has 0 spiro atoms. The average Bonchev–Trinajstić information content (AvgIpc) is 3.05. The van der Waals surface area contributed by atoms with Gasteiger partial charge in [0.25, 0.3) is 0 Å². The molecule has 4 nitrogen and oxygen atoms in total. The number of hydrogen-bond donors (Lipinski definition) is 2. The summed E-state index contributed by atoms with van der Waals surface area (Å²) in [7, 11) is 1.64. The van der Waals surface area contributed by atoms with Crippen LogP contribution < -0.4 is 5.32 Å². The van der Waals surface area contributed by atoms with Crippen molar-refractivity contribution >= 4 is 46.7 Å². The number of aliphatic hydroxyl groups excluding tert-OH is 1. The molecule has 0 saturated heterocycles. The van der Waals surface area contributed by atoms with Crippen molar-refractivity contribution in [3.8, 4) is 0 Å². The Bertz CT molecular complexity index is 514. The standard InChI is InChI=1S/C14H18Cl2N2O2S/c1-18(6-7-19)13(20)17-11-4-2-3-5-12(11)21-9-10-8-14(10,15)16/h2-5,10,19H,6-9H2,1H3,(H,17,20). The maximum Gasteiger partial charge on any atom is 0.321 e. The lowest BCUT2D eigenvalue weighted by atomic mass is 10.3. The summed E-state index contributed by atoms with van der Waals surface area (Å²) in [6, 6.07) is 7.37. The second-order valence-corrected chi connectivity index (χ2v) is 7.65. The second kappa shape index (κ2) is 7.09. The molecule has 21 heavy (non-hydrogen) atoms. The highest BCUT2D eigenvalue weighted by atomic mass is 35.5. The van der Waals surface area contributed by atoms with Crippen LogP contribution in [0.4, 0.5) is 10.5 Å². The van der Waals surface area contributed by atoms with Gasteiger partial charge in [-0.1, -0.05) is 12.1 Å². The molecule has 1 unspecified atom stereocenters. The molecule has 0 aromatic heterocycles. The van der Waals surface area contributed by atoms with Crippen molar-refractivity contribution in [2.24, 2.45) is 5.92 Å². The maximum atomic E-state index is 12.0. The summed E-state index contributed by atoms with van der Waals surface area (Å²) in [6.07, 6.45) is 0.816. The first-order valence-electron chi connectivity index (χ1n) is 6.66. The lowest BCUT2D eigenvalue weighted by molar-refractivity contribution is 0.202. The van der Waals surface area contributed by atoms with Gasteiger partial charge in [0.1, 0.15) is 4.33 Å². The smallest absolute Gasteiger partial charge is 0.321 e. The number of para-hydroxylation sites is 1. The van der Waals surface area contributed by atoms with E-state index in [0.717, 1.165) is 22.8 Å². The Morgan fingerprint density at radius 3 is 2.81 bits per heavy atom. The van der Waals surface area contributed by atoms with Crippen molar-refractivity contribution in [2.45, 2.75) is 15.6 Å². The fraction of sp³-hybridized carbons (Fsp3) is 0.500. The average molecular weight is 349 g/mol. The van der Waals surface area contributed by atoms with Crippen LogP contribution in [0.25, 0.3) is 0 Å². The van der Waals surface area contributed by atoms with E-state index in [1.54, 1.807) is 18.8 Å². The molecule has 7 heteroatoms. The fourth-order valence-corrected chi connectivity index (χ4v) is 3.74. The van der Waals surface area contributed by atoms with E-state index in [1.807, 2.05) is 24.3 Å². The second-order valence-electron chi connectivity index (χ2n) is 5.04. The molecule has 0 heterocycles. The van der Waals surface area contributed by atoms with E-state index in [4.69, 9.17) is 28.3 Å². The van der Waals surface area contributed by atoms with Crippen LogP contribution in [-0.4, -0.2) is 46.3 Å². The number of halogens is 2. The van der Waals surface area contributed by atoms with Crippen molar-refractivity contribution in [3.05, 3.63) is 24.3 Å². The number of anilines is 1. The molecule has 1 fully saturated rings. The van der Waals surface area contributed by atoms with E-state index in [0.29, 0.717) is 12.5 Å². The molecule has 1 aliphatic carbocycles. The number of carbonyl (C=O) groups is 1. The normalized spacial score (nSPS) is 19.1. The zero-order valence-electron chi connectivity index (χ0n) is 11.7. The first-order valence-corrected chi connectivity index (χ1v) is 8.41. The molecule has 1 aliphatic rings.